The second-order valence-corrected chi connectivity index (χ2v) is 7.59. The minimum atomic E-state index is -4.99. The Hall–Kier alpha value is -4.02. The molecule has 2 aromatic carbocycles. The van der Waals surface area contributed by atoms with Crippen molar-refractivity contribution in [3.05, 3.63) is 87.3 Å². The number of alkyl halides is 3. The molecule has 4 rings (SSSR count). The van der Waals surface area contributed by atoms with Gasteiger partial charge in [-0.25, -0.2) is 13.5 Å². The van der Waals surface area contributed by atoms with Gasteiger partial charge in [-0.3, -0.25) is 9.59 Å². The number of carboxylic acid groups (broad SMARTS) is 1. The van der Waals surface area contributed by atoms with Crippen LogP contribution in [0.5, 0.6) is 0 Å². The first-order valence-corrected chi connectivity index (χ1v) is 9.90. The fourth-order valence-corrected chi connectivity index (χ4v) is 3.99. The smallest absolute Gasteiger partial charge is 0.419 e. The number of halogens is 5. The molecule has 0 spiro atoms. The Balaban J connectivity index is 1.89. The van der Waals surface area contributed by atoms with Gasteiger partial charge >= 0.3 is 12.1 Å². The van der Waals surface area contributed by atoms with E-state index in [1.165, 1.54) is 28.8 Å². The van der Waals surface area contributed by atoms with Gasteiger partial charge in [0.2, 0.25) is 0 Å². The highest BCUT2D eigenvalue weighted by molar-refractivity contribution is 5.97. The van der Waals surface area contributed by atoms with E-state index in [2.05, 4.69) is 5.10 Å². The summed E-state index contributed by atoms with van der Waals surface area (Å²) >= 11 is 0. The maximum absolute atomic E-state index is 14.0. The first-order chi connectivity index (χ1) is 16.0. The van der Waals surface area contributed by atoms with Gasteiger partial charge in [-0.1, -0.05) is 12.1 Å². The van der Waals surface area contributed by atoms with Crippen molar-refractivity contribution in [1.82, 2.24) is 14.3 Å². The van der Waals surface area contributed by atoms with E-state index >= 15 is 0 Å². The summed E-state index contributed by atoms with van der Waals surface area (Å²) in [7, 11) is 0. The van der Waals surface area contributed by atoms with E-state index in [9.17, 15) is 36.6 Å². The molecule has 1 N–H and O–H groups in total. The second-order valence-electron chi connectivity index (χ2n) is 7.59. The lowest BCUT2D eigenvalue weighted by atomic mass is 10.1. The molecule has 176 valence electrons. The van der Waals surface area contributed by atoms with E-state index in [4.69, 9.17) is 0 Å². The highest BCUT2D eigenvalue weighted by atomic mass is 19.4. The molecule has 0 radical (unpaired) electrons. The van der Waals surface area contributed by atoms with E-state index in [1.807, 2.05) is 0 Å². The van der Waals surface area contributed by atoms with Gasteiger partial charge in [0.1, 0.15) is 18.2 Å². The highest BCUT2D eigenvalue weighted by Crippen LogP contribution is 2.35. The van der Waals surface area contributed by atoms with Crippen LogP contribution < -0.4 is 5.56 Å². The molecule has 2 aromatic heterocycles. The van der Waals surface area contributed by atoms with Crippen LogP contribution in [0.1, 0.15) is 16.8 Å². The zero-order chi connectivity index (χ0) is 24.8. The van der Waals surface area contributed by atoms with E-state index in [-0.39, 0.29) is 5.69 Å². The molecule has 2 heterocycles. The fraction of sp³-hybridized carbons (Fsp3) is 0.174. The Morgan fingerprint density at radius 3 is 2.50 bits per heavy atom. The summed E-state index contributed by atoms with van der Waals surface area (Å²) in [6.45, 7) is 0.494. The minimum Gasteiger partial charge on any atom is -0.480 e. The number of aliphatic carboxylic acids is 1. The predicted octanol–water partition coefficient (Wildman–Crippen LogP) is 4.60. The lowest BCUT2D eigenvalue weighted by Gasteiger charge is -2.14. The number of aromatic nitrogens is 3. The zero-order valence-electron chi connectivity index (χ0n) is 17.5. The van der Waals surface area contributed by atoms with Gasteiger partial charge in [-0.15, -0.1) is 0 Å². The number of hydrogen-bond donors (Lipinski definition) is 1. The van der Waals surface area contributed by atoms with Gasteiger partial charge in [-0.2, -0.15) is 18.3 Å². The molecule has 0 atom stereocenters. The van der Waals surface area contributed by atoms with E-state index in [0.29, 0.717) is 28.2 Å². The van der Waals surface area contributed by atoms with Crippen LogP contribution in [0.25, 0.3) is 22.2 Å². The molecule has 34 heavy (non-hydrogen) atoms. The van der Waals surface area contributed by atoms with Crippen LogP contribution in [0, 0.1) is 18.6 Å². The summed E-state index contributed by atoms with van der Waals surface area (Å²) in [6.07, 6.45) is -4.99. The fourth-order valence-electron chi connectivity index (χ4n) is 3.99. The monoisotopic (exact) mass is 477 g/mol. The molecule has 0 bridgehead atoms. The number of benzene rings is 2. The first kappa shape index (κ1) is 23.1. The Morgan fingerprint density at radius 1 is 1.09 bits per heavy atom. The van der Waals surface area contributed by atoms with Gasteiger partial charge in [-0.05, 0) is 42.8 Å². The zero-order valence-corrected chi connectivity index (χ0v) is 17.5. The number of fused-ring (bicyclic) bond motifs is 1. The third-order valence-corrected chi connectivity index (χ3v) is 5.41. The molecule has 0 aliphatic heterocycles. The van der Waals surface area contributed by atoms with E-state index < -0.39 is 53.6 Å². The lowest BCUT2D eigenvalue weighted by Crippen LogP contribution is -2.25. The van der Waals surface area contributed by atoms with Crippen molar-refractivity contribution in [2.24, 2.45) is 0 Å². The summed E-state index contributed by atoms with van der Waals surface area (Å²) in [5, 5.41) is 13.7. The third kappa shape index (κ3) is 4.16. The van der Waals surface area contributed by atoms with Crippen molar-refractivity contribution in [1.29, 1.82) is 0 Å². The van der Waals surface area contributed by atoms with Crippen molar-refractivity contribution in [2.75, 3.05) is 0 Å². The minimum absolute atomic E-state index is 0.113. The molecule has 4 aromatic rings. The molecular formula is C23H16F5N3O3. The van der Waals surface area contributed by atoms with Gasteiger partial charge in [0.25, 0.3) is 5.56 Å². The second kappa shape index (κ2) is 8.40. The molecule has 0 unspecified atom stereocenters. The summed E-state index contributed by atoms with van der Waals surface area (Å²) in [4.78, 5) is 23.7. The van der Waals surface area contributed by atoms with Crippen LogP contribution in [0.2, 0.25) is 0 Å². The molecule has 0 amide bonds. The molecule has 0 aliphatic rings. The third-order valence-electron chi connectivity index (χ3n) is 5.41. The Bertz CT molecular complexity index is 1490. The lowest BCUT2D eigenvalue weighted by molar-refractivity contribution is -0.140. The van der Waals surface area contributed by atoms with E-state index in [1.54, 1.807) is 6.92 Å². The number of nitrogens with zero attached hydrogens (tertiary/aromatic N) is 3. The van der Waals surface area contributed by atoms with Crippen molar-refractivity contribution in [2.45, 2.75) is 26.2 Å². The summed E-state index contributed by atoms with van der Waals surface area (Å²) < 4.78 is 70.3. The number of carbonyl (C=O) groups is 1. The van der Waals surface area contributed by atoms with Crippen molar-refractivity contribution in [3.63, 3.8) is 0 Å². The van der Waals surface area contributed by atoms with Crippen LogP contribution >= 0.6 is 0 Å². The Labute approximate surface area is 188 Å². The van der Waals surface area contributed by atoms with Crippen LogP contribution in [0.4, 0.5) is 22.0 Å². The van der Waals surface area contributed by atoms with E-state index in [0.717, 1.165) is 22.9 Å². The summed E-state index contributed by atoms with van der Waals surface area (Å²) in [6, 6.07) is 8.97. The molecule has 0 aliphatic carbocycles. The Morgan fingerprint density at radius 2 is 1.82 bits per heavy atom. The predicted molar refractivity (Wildman–Crippen MR) is 112 cm³/mol. The number of carboxylic acids is 1. The van der Waals surface area contributed by atoms with Crippen LogP contribution in [-0.2, 0) is 24.1 Å². The SMILES string of the molecule is Cc1c(-c2ccc(=O)n(Cc3cccc(F)c3C(F)(F)F)n2)c2cc(F)ccc2n1CC(=O)O. The summed E-state index contributed by atoms with van der Waals surface area (Å²) in [5.74, 6) is -3.21. The molecular weight excluding hydrogens is 461 g/mol. The number of rotatable bonds is 5. The van der Waals surface area contributed by atoms with Gasteiger partial charge in [0, 0.05) is 28.2 Å². The molecule has 0 saturated carbocycles. The van der Waals surface area contributed by atoms with Crippen molar-refractivity contribution in [3.8, 4) is 11.3 Å². The average Bonchev–Trinajstić information content (AvgIpc) is 2.99. The van der Waals surface area contributed by atoms with Gasteiger partial charge in [0.15, 0.2) is 0 Å². The number of hydrogen-bond acceptors (Lipinski definition) is 3. The standard InChI is InChI=1S/C23H16F5N3O3/c1-12-21(15-9-14(24)5-7-18(15)30(12)11-20(33)34)17-6-8-19(32)31(29-17)10-13-3-2-4-16(25)22(13)23(26,27)28/h2-9H,10-11H2,1H3,(H,33,34). The van der Waals surface area contributed by atoms with Crippen LogP contribution in [0.3, 0.4) is 0 Å². The average molecular weight is 477 g/mol. The van der Waals surface area contributed by atoms with Gasteiger partial charge < -0.3 is 9.67 Å². The quantitative estimate of drug-likeness (QED) is 0.426. The van der Waals surface area contributed by atoms with Crippen LogP contribution in [0.15, 0.2) is 53.3 Å². The summed E-state index contributed by atoms with van der Waals surface area (Å²) in [5.41, 5.74) is -1.48. The Kier molecular flexibility index (Phi) is 5.72. The molecule has 0 saturated heterocycles. The van der Waals surface area contributed by atoms with Crippen molar-refractivity contribution < 1.29 is 31.9 Å². The topological polar surface area (TPSA) is 77.1 Å². The van der Waals surface area contributed by atoms with Crippen molar-refractivity contribution >= 4 is 16.9 Å². The van der Waals surface area contributed by atoms with Gasteiger partial charge in [0.05, 0.1) is 17.8 Å². The first-order valence-electron chi connectivity index (χ1n) is 9.90. The normalized spacial score (nSPS) is 11.8. The van der Waals surface area contributed by atoms with Crippen LogP contribution in [-0.4, -0.2) is 25.4 Å². The highest BCUT2D eigenvalue weighted by Gasteiger charge is 2.36. The molecule has 11 heteroatoms. The molecule has 6 nitrogen and oxygen atoms in total. The largest absolute Gasteiger partial charge is 0.480 e. The maximum Gasteiger partial charge on any atom is 0.419 e. The molecule has 0 fully saturated rings. The maximum atomic E-state index is 14.0.